The van der Waals surface area contributed by atoms with E-state index in [-0.39, 0.29) is 11.9 Å². The van der Waals surface area contributed by atoms with Crippen molar-refractivity contribution in [1.82, 2.24) is 15.1 Å². The maximum absolute atomic E-state index is 10.5. The number of carbonyl (C=O) groups is 1. The van der Waals surface area contributed by atoms with Gasteiger partial charge in [0.25, 0.3) is 0 Å². The molecule has 0 radical (unpaired) electrons. The van der Waals surface area contributed by atoms with Gasteiger partial charge in [-0.1, -0.05) is 23.1 Å². The second-order valence-corrected chi connectivity index (χ2v) is 7.38. The number of nitrogens with zero attached hydrogens (tertiary/aromatic N) is 3. The number of fused-ring (bicyclic) bond motifs is 1. The van der Waals surface area contributed by atoms with Crippen LogP contribution in [-0.2, 0) is 9.53 Å². The van der Waals surface area contributed by atoms with E-state index in [4.69, 9.17) is 9.84 Å². The van der Waals surface area contributed by atoms with Crippen LogP contribution in [0.2, 0.25) is 0 Å². The van der Waals surface area contributed by atoms with E-state index in [0.717, 1.165) is 18.3 Å². The minimum Gasteiger partial charge on any atom is -0.481 e. The van der Waals surface area contributed by atoms with Gasteiger partial charge in [0.05, 0.1) is 18.5 Å². The Morgan fingerprint density at radius 3 is 3.33 bits per heavy atom. The lowest BCUT2D eigenvalue weighted by Crippen LogP contribution is -2.48. The molecule has 0 saturated carbocycles. The van der Waals surface area contributed by atoms with E-state index in [1.807, 2.05) is 0 Å². The van der Waals surface area contributed by atoms with Crippen molar-refractivity contribution in [3.8, 4) is 0 Å². The first-order chi connectivity index (χ1) is 10.2. The van der Waals surface area contributed by atoms with E-state index in [2.05, 4.69) is 20.4 Å². The number of carboxylic acid groups (broad SMARTS) is 1. The summed E-state index contributed by atoms with van der Waals surface area (Å²) in [5.41, 5.74) is 0. The summed E-state index contributed by atoms with van der Waals surface area (Å²) >= 11 is 2.57. The number of nitrogens with one attached hydrogen (secondary N) is 1. The van der Waals surface area contributed by atoms with Gasteiger partial charge in [-0.25, -0.2) is 0 Å². The van der Waals surface area contributed by atoms with E-state index in [0.29, 0.717) is 16.9 Å². The number of morpholine rings is 1. The standard InChI is InChI=1S/C12H18N4O3S2/c17-10(18)7-20-12-15-14-11(21-12)13-4-9-5-16-3-1-2-8(16)6-19-9/h8-9H,1-7H2,(H,13,14)(H,17,18). The van der Waals surface area contributed by atoms with E-state index < -0.39 is 5.97 Å². The lowest BCUT2D eigenvalue weighted by molar-refractivity contribution is -0.133. The molecule has 0 aromatic carbocycles. The third-order valence-corrected chi connectivity index (χ3v) is 5.67. The Morgan fingerprint density at radius 1 is 1.57 bits per heavy atom. The molecule has 3 heterocycles. The highest BCUT2D eigenvalue weighted by Gasteiger charge is 2.32. The SMILES string of the molecule is O=C(O)CSc1nnc(NCC2CN3CCCC3CO2)s1. The zero-order chi connectivity index (χ0) is 14.7. The molecule has 0 bridgehead atoms. The molecule has 0 aliphatic carbocycles. The average Bonchev–Trinajstić information content (AvgIpc) is 3.11. The molecular weight excluding hydrogens is 312 g/mol. The lowest BCUT2D eigenvalue weighted by Gasteiger charge is -2.35. The van der Waals surface area contributed by atoms with Crippen molar-refractivity contribution in [3.63, 3.8) is 0 Å². The van der Waals surface area contributed by atoms with E-state index >= 15 is 0 Å². The molecule has 2 unspecified atom stereocenters. The van der Waals surface area contributed by atoms with Crippen molar-refractivity contribution in [2.45, 2.75) is 29.3 Å². The molecule has 0 spiro atoms. The summed E-state index contributed by atoms with van der Waals surface area (Å²) < 4.78 is 6.54. The smallest absolute Gasteiger partial charge is 0.313 e. The van der Waals surface area contributed by atoms with Crippen molar-refractivity contribution in [3.05, 3.63) is 0 Å². The monoisotopic (exact) mass is 330 g/mol. The Bertz CT molecular complexity index is 499. The summed E-state index contributed by atoms with van der Waals surface area (Å²) in [5.74, 6) is -0.836. The first-order valence-corrected chi connectivity index (χ1v) is 8.78. The van der Waals surface area contributed by atoms with E-state index in [1.54, 1.807) is 0 Å². The van der Waals surface area contributed by atoms with Gasteiger partial charge in [0, 0.05) is 19.1 Å². The summed E-state index contributed by atoms with van der Waals surface area (Å²) in [6.45, 7) is 3.68. The molecule has 3 rings (SSSR count). The van der Waals surface area contributed by atoms with Crippen molar-refractivity contribution in [1.29, 1.82) is 0 Å². The quantitative estimate of drug-likeness (QED) is 0.747. The molecule has 1 aromatic rings. The van der Waals surface area contributed by atoms with Crippen LogP contribution in [0.25, 0.3) is 0 Å². The maximum Gasteiger partial charge on any atom is 0.313 e. The van der Waals surface area contributed by atoms with E-state index in [9.17, 15) is 4.79 Å². The minimum absolute atomic E-state index is 0.0106. The summed E-state index contributed by atoms with van der Waals surface area (Å²) in [7, 11) is 0. The van der Waals surface area contributed by atoms with Crippen LogP contribution in [0, 0.1) is 0 Å². The first kappa shape index (κ1) is 15.0. The van der Waals surface area contributed by atoms with Crippen LogP contribution >= 0.6 is 23.1 Å². The number of hydrogen-bond acceptors (Lipinski definition) is 8. The fourth-order valence-corrected chi connectivity index (χ4v) is 4.15. The van der Waals surface area contributed by atoms with Crippen LogP contribution in [0.15, 0.2) is 4.34 Å². The summed E-state index contributed by atoms with van der Waals surface area (Å²) in [5, 5.41) is 20.6. The molecule has 1 aromatic heterocycles. The van der Waals surface area contributed by atoms with Crippen LogP contribution in [-0.4, -0.2) is 70.3 Å². The molecule has 7 nitrogen and oxygen atoms in total. The highest BCUT2D eigenvalue weighted by Crippen LogP contribution is 2.26. The fraction of sp³-hybridized carbons (Fsp3) is 0.750. The van der Waals surface area contributed by atoms with Crippen molar-refractivity contribution in [2.75, 3.05) is 37.3 Å². The summed E-state index contributed by atoms with van der Waals surface area (Å²) in [4.78, 5) is 13.0. The predicted octanol–water partition coefficient (Wildman–Crippen LogP) is 0.990. The number of aromatic nitrogens is 2. The Balaban J connectivity index is 1.43. The lowest BCUT2D eigenvalue weighted by atomic mass is 10.2. The topological polar surface area (TPSA) is 87.6 Å². The van der Waals surface area contributed by atoms with Crippen molar-refractivity contribution in [2.24, 2.45) is 0 Å². The number of thioether (sulfide) groups is 1. The minimum atomic E-state index is -0.847. The first-order valence-electron chi connectivity index (χ1n) is 6.98. The molecule has 2 fully saturated rings. The van der Waals surface area contributed by atoms with Gasteiger partial charge in [0.1, 0.15) is 0 Å². The highest BCUT2D eigenvalue weighted by molar-refractivity contribution is 8.01. The second-order valence-electron chi connectivity index (χ2n) is 5.18. The molecule has 2 aliphatic heterocycles. The highest BCUT2D eigenvalue weighted by atomic mass is 32.2. The number of hydrogen-bond donors (Lipinski definition) is 2. The maximum atomic E-state index is 10.5. The van der Waals surface area contributed by atoms with Crippen LogP contribution in [0.1, 0.15) is 12.8 Å². The molecule has 2 aliphatic rings. The van der Waals surface area contributed by atoms with Gasteiger partial charge in [0.2, 0.25) is 5.13 Å². The number of aliphatic carboxylic acids is 1. The molecular formula is C12H18N4O3S2. The molecule has 0 amide bonds. The van der Waals surface area contributed by atoms with Gasteiger partial charge in [-0.05, 0) is 19.4 Å². The van der Waals surface area contributed by atoms with Gasteiger partial charge in [0.15, 0.2) is 4.34 Å². The molecule has 9 heteroatoms. The third-order valence-electron chi connectivity index (χ3n) is 3.67. The molecule has 116 valence electrons. The Morgan fingerprint density at radius 2 is 2.48 bits per heavy atom. The van der Waals surface area contributed by atoms with Crippen LogP contribution < -0.4 is 5.32 Å². The van der Waals surface area contributed by atoms with Gasteiger partial charge in [-0.15, -0.1) is 10.2 Å². The summed E-state index contributed by atoms with van der Waals surface area (Å²) in [6, 6.07) is 0.613. The van der Waals surface area contributed by atoms with Gasteiger partial charge in [-0.3, -0.25) is 9.69 Å². The van der Waals surface area contributed by atoms with E-state index in [1.165, 1.54) is 42.5 Å². The number of carboxylic acids is 1. The zero-order valence-corrected chi connectivity index (χ0v) is 13.2. The summed E-state index contributed by atoms with van der Waals surface area (Å²) in [6.07, 6.45) is 2.70. The molecule has 21 heavy (non-hydrogen) atoms. The normalized spacial score (nSPS) is 25.7. The Hall–Kier alpha value is -0.900. The predicted molar refractivity (Wildman–Crippen MR) is 81.1 cm³/mol. The second kappa shape index (κ2) is 6.91. The number of rotatable bonds is 6. The van der Waals surface area contributed by atoms with Gasteiger partial charge < -0.3 is 15.2 Å². The largest absolute Gasteiger partial charge is 0.481 e. The van der Waals surface area contributed by atoms with Crippen molar-refractivity contribution >= 4 is 34.2 Å². The van der Waals surface area contributed by atoms with Crippen molar-refractivity contribution < 1.29 is 14.6 Å². The van der Waals surface area contributed by atoms with Gasteiger partial charge in [-0.2, -0.15) is 0 Å². The zero-order valence-electron chi connectivity index (χ0n) is 11.5. The fourth-order valence-electron chi connectivity index (χ4n) is 2.67. The number of anilines is 1. The molecule has 2 N–H and O–H groups in total. The molecule has 2 atom stereocenters. The average molecular weight is 330 g/mol. The number of ether oxygens (including phenoxy) is 1. The van der Waals surface area contributed by atoms with Crippen LogP contribution in [0.5, 0.6) is 0 Å². The Labute approximate surface area is 131 Å². The van der Waals surface area contributed by atoms with Crippen LogP contribution in [0.4, 0.5) is 5.13 Å². The molecule has 2 saturated heterocycles. The third kappa shape index (κ3) is 4.06. The van der Waals surface area contributed by atoms with Gasteiger partial charge >= 0.3 is 5.97 Å². The van der Waals surface area contributed by atoms with Crippen LogP contribution in [0.3, 0.4) is 0 Å². The Kier molecular flexibility index (Phi) is 4.94.